The summed E-state index contributed by atoms with van der Waals surface area (Å²) in [6.45, 7) is 1.98. The van der Waals surface area contributed by atoms with Crippen LogP contribution in [-0.2, 0) is 14.3 Å². The average molecular weight is 185 g/mol. The highest BCUT2D eigenvalue weighted by Gasteiger charge is 2.45. The first-order valence-corrected chi connectivity index (χ1v) is 4.41. The van der Waals surface area contributed by atoms with E-state index in [4.69, 9.17) is 5.73 Å². The fraction of sp³-hybridized carbons (Fsp3) is 0.778. The van der Waals surface area contributed by atoms with E-state index in [0.29, 0.717) is 18.8 Å². The summed E-state index contributed by atoms with van der Waals surface area (Å²) in [4.78, 5) is 22.7. The van der Waals surface area contributed by atoms with Crippen LogP contribution >= 0.6 is 0 Å². The van der Waals surface area contributed by atoms with Gasteiger partial charge >= 0.3 is 5.97 Å². The molecule has 1 aliphatic rings. The summed E-state index contributed by atoms with van der Waals surface area (Å²) in [5.74, 6) is -0.476. The van der Waals surface area contributed by atoms with Crippen molar-refractivity contribution in [3.63, 3.8) is 0 Å². The molecule has 0 amide bonds. The van der Waals surface area contributed by atoms with Crippen LogP contribution in [0.5, 0.6) is 0 Å². The lowest BCUT2D eigenvalue weighted by atomic mass is 9.77. The second-order valence-corrected chi connectivity index (χ2v) is 3.73. The number of Topliss-reactive ketones (excluding diaryl/α,β-unsaturated/α-hetero) is 1. The molecule has 4 heteroatoms. The molecule has 1 rings (SSSR count). The maximum absolute atomic E-state index is 11.5. The first kappa shape index (κ1) is 10.2. The monoisotopic (exact) mass is 185 g/mol. The third kappa shape index (κ3) is 1.72. The SMILES string of the molecule is COC(=O)[C@]1(N)CC[C@H](C)CC1=O. The third-order valence-electron chi connectivity index (χ3n) is 2.61. The van der Waals surface area contributed by atoms with Gasteiger partial charge in [0.25, 0.3) is 0 Å². The summed E-state index contributed by atoms with van der Waals surface area (Å²) < 4.78 is 4.51. The van der Waals surface area contributed by atoms with E-state index < -0.39 is 11.5 Å². The van der Waals surface area contributed by atoms with Crippen LogP contribution in [0.15, 0.2) is 0 Å². The molecule has 4 nitrogen and oxygen atoms in total. The van der Waals surface area contributed by atoms with E-state index in [1.807, 2.05) is 6.92 Å². The predicted octanol–water partition coefficient (Wildman–Crippen LogP) is 0.246. The molecule has 0 bridgehead atoms. The zero-order valence-electron chi connectivity index (χ0n) is 8.00. The lowest BCUT2D eigenvalue weighted by molar-refractivity contribution is -0.153. The minimum atomic E-state index is -1.37. The molecule has 1 fully saturated rings. The smallest absolute Gasteiger partial charge is 0.333 e. The molecule has 2 atom stereocenters. The van der Waals surface area contributed by atoms with Crippen LogP contribution in [0.4, 0.5) is 0 Å². The van der Waals surface area contributed by atoms with Crippen LogP contribution in [0.25, 0.3) is 0 Å². The van der Waals surface area contributed by atoms with Gasteiger partial charge in [0.2, 0.25) is 0 Å². The molecule has 13 heavy (non-hydrogen) atoms. The van der Waals surface area contributed by atoms with Gasteiger partial charge in [0.05, 0.1) is 7.11 Å². The molecule has 1 aliphatic carbocycles. The van der Waals surface area contributed by atoms with E-state index in [2.05, 4.69) is 4.74 Å². The Balaban J connectivity index is 2.79. The first-order chi connectivity index (χ1) is 6.00. The average Bonchev–Trinajstić information content (AvgIpc) is 2.11. The predicted molar refractivity (Wildman–Crippen MR) is 47.0 cm³/mol. The maximum atomic E-state index is 11.5. The summed E-state index contributed by atoms with van der Waals surface area (Å²) in [5.41, 5.74) is 4.32. The Kier molecular flexibility index (Phi) is 2.71. The van der Waals surface area contributed by atoms with E-state index >= 15 is 0 Å². The Morgan fingerprint density at radius 2 is 2.31 bits per heavy atom. The van der Waals surface area contributed by atoms with Crippen LogP contribution in [0, 0.1) is 5.92 Å². The number of methoxy groups -OCH3 is 1. The van der Waals surface area contributed by atoms with Gasteiger partial charge in [-0.2, -0.15) is 0 Å². The summed E-state index contributed by atoms with van der Waals surface area (Å²) in [5, 5.41) is 0. The Morgan fingerprint density at radius 1 is 1.69 bits per heavy atom. The molecule has 0 unspecified atom stereocenters. The van der Waals surface area contributed by atoms with E-state index in [1.54, 1.807) is 0 Å². The quantitative estimate of drug-likeness (QED) is 0.469. The van der Waals surface area contributed by atoms with Crippen molar-refractivity contribution < 1.29 is 14.3 Å². The number of esters is 1. The molecule has 0 aromatic rings. The van der Waals surface area contributed by atoms with E-state index in [9.17, 15) is 9.59 Å². The van der Waals surface area contributed by atoms with Crippen LogP contribution in [0.2, 0.25) is 0 Å². The van der Waals surface area contributed by atoms with Gasteiger partial charge in [-0.25, -0.2) is 4.79 Å². The summed E-state index contributed by atoms with van der Waals surface area (Å²) in [6, 6.07) is 0. The molecule has 0 saturated heterocycles. The third-order valence-corrected chi connectivity index (χ3v) is 2.61. The van der Waals surface area contributed by atoms with Crippen LogP contribution in [0.3, 0.4) is 0 Å². The van der Waals surface area contributed by atoms with Crippen molar-refractivity contribution in [2.45, 2.75) is 31.7 Å². The molecular weight excluding hydrogens is 170 g/mol. The molecule has 0 radical (unpaired) electrons. The van der Waals surface area contributed by atoms with Crippen LogP contribution < -0.4 is 5.73 Å². The minimum absolute atomic E-state index is 0.196. The summed E-state index contributed by atoms with van der Waals surface area (Å²) in [6.07, 6.45) is 1.59. The summed E-state index contributed by atoms with van der Waals surface area (Å²) >= 11 is 0. The highest BCUT2D eigenvalue weighted by atomic mass is 16.5. The van der Waals surface area contributed by atoms with Gasteiger partial charge in [-0.3, -0.25) is 4.79 Å². The molecule has 1 saturated carbocycles. The Labute approximate surface area is 77.4 Å². The Morgan fingerprint density at radius 3 is 2.77 bits per heavy atom. The topological polar surface area (TPSA) is 69.4 Å². The van der Waals surface area contributed by atoms with Gasteiger partial charge in [0.1, 0.15) is 0 Å². The fourth-order valence-corrected chi connectivity index (χ4v) is 1.61. The molecule has 0 aromatic carbocycles. The maximum Gasteiger partial charge on any atom is 0.333 e. The van der Waals surface area contributed by atoms with Gasteiger partial charge in [0, 0.05) is 6.42 Å². The van der Waals surface area contributed by atoms with Gasteiger partial charge in [0.15, 0.2) is 11.3 Å². The number of hydrogen-bond acceptors (Lipinski definition) is 4. The number of rotatable bonds is 1. The molecule has 2 N–H and O–H groups in total. The summed E-state index contributed by atoms with van der Waals surface area (Å²) in [7, 11) is 1.25. The van der Waals surface area contributed by atoms with Gasteiger partial charge in [-0.1, -0.05) is 6.92 Å². The van der Waals surface area contributed by atoms with Crippen LogP contribution in [0.1, 0.15) is 26.2 Å². The Hall–Kier alpha value is -0.900. The molecule has 0 spiro atoms. The van der Waals surface area contributed by atoms with Crippen molar-refractivity contribution in [2.24, 2.45) is 11.7 Å². The number of carbonyl (C=O) groups excluding carboxylic acids is 2. The highest BCUT2D eigenvalue weighted by molar-refractivity contribution is 6.08. The molecule has 74 valence electrons. The number of ether oxygens (including phenoxy) is 1. The fourth-order valence-electron chi connectivity index (χ4n) is 1.61. The van der Waals surface area contributed by atoms with Crippen molar-refractivity contribution in [1.82, 2.24) is 0 Å². The number of hydrogen-bond donors (Lipinski definition) is 1. The van der Waals surface area contributed by atoms with Gasteiger partial charge < -0.3 is 10.5 Å². The number of nitrogens with two attached hydrogens (primary N) is 1. The second-order valence-electron chi connectivity index (χ2n) is 3.73. The van der Waals surface area contributed by atoms with Crippen molar-refractivity contribution in [2.75, 3.05) is 7.11 Å². The standard InChI is InChI=1S/C9H15NO3/c1-6-3-4-9(10,7(11)5-6)8(12)13-2/h6H,3-5,10H2,1-2H3/t6-,9-/m0/s1. The number of carbonyl (C=O) groups is 2. The molecule has 0 aliphatic heterocycles. The second kappa shape index (κ2) is 3.46. The zero-order valence-corrected chi connectivity index (χ0v) is 8.00. The first-order valence-electron chi connectivity index (χ1n) is 4.41. The molecule has 0 heterocycles. The lowest BCUT2D eigenvalue weighted by Gasteiger charge is -2.31. The normalized spacial score (nSPS) is 34.4. The van der Waals surface area contributed by atoms with Crippen molar-refractivity contribution >= 4 is 11.8 Å². The molecule has 0 aromatic heterocycles. The van der Waals surface area contributed by atoms with Gasteiger partial charge in [-0.15, -0.1) is 0 Å². The lowest BCUT2D eigenvalue weighted by Crippen LogP contribution is -2.57. The largest absolute Gasteiger partial charge is 0.467 e. The van der Waals surface area contributed by atoms with Gasteiger partial charge in [-0.05, 0) is 18.8 Å². The van der Waals surface area contributed by atoms with Crippen molar-refractivity contribution in [3.8, 4) is 0 Å². The van der Waals surface area contributed by atoms with Crippen molar-refractivity contribution in [3.05, 3.63) is 0 Å². The zero-order chi connectivity index (χ0) is 10.1. The minimum Gasteiger partial charge on any atom is -0.467 e. The van der Waals surface area contributed by atoms with E-state index in [-0.39, 0.29) is 5.78 Å². The Bertz CT molecular complexity index is 239. The van der Waals surface area contributed by atoms with E-state index in [0.717, 1.165) is 6.42 Å². The number of ketones is 1. The van der Waals surface area contributed by atoms with E-state index in [1.165, 1.54) is 7.11 Å². The van der Waals surface area contributed by atoms with Crippen LogP contribution in [-0.4, -0.2) is 24.4 Å². The van der Waals surface area contributed by atoms with Crippen molar-refractivity contribution in [1.29, 1.82) is 0 Å². The highest BCUT2D eigenvalue weighted by Crippen LogP contribution is 2.27. The molecular formula is C9H15NO3.